The molecule has 2 N–H and O–H groups in total. The lowest BCUT2D eigenvalue weighted by Gasteiger charge is -2.11. The highest BCUT2D eigenvalue weighted by Crippen LogP contribution is 2.20. The van der Waals surface area contributed by atoms with Crippen LogP contribution in [0.5, 0.6) is 11.5 Å². The van der Waals surface area contributed by atoms with Crippen LogP contribution in [-0.4, -0.2) is 30.5 Å². The van der Waals surface area contributed by atoms with Gasteiger partial charge in [0.05, 0.1) is 7.11 Å². The number of thioether (sulfide) groups is 1. The molecule has 110 valence electrons. The second-order valence-corrected chi connectivity index (χ2v) is 5.29. The summed E-state index contributed by atoms with van der Waals surface area (Å²) in [6.45, 7) is 0.350. The molecule has 4 nitrogen and oxygen atoms in total. The van der Waals surface area contributed by atoms with Crippen LogP contribution in [0.15, 0.2) is 47.4 Å². The summed E-state index contributed by atoms with van der Waals surface area (Å²) in [6, 6.07) is 13.0. The Balaban J connectivity index is 2.07. The van der Waals surface area contributed by atoms with Gasteiger partial charge in [-0.2, -0.15) is 0 Å². The predicted octanol–water partition coefficient (Wildman–Crippen LogP) is 1.68. The van der Waals surface area contributed by atoms with Gasteiger partial charge in [-0.05, 0) is 42.2 Å². The number of hydrogen-bond donors (Lipinski definition) is 2. The van der Waals surface area contributed by atoms with Crippen LogP contribution in [0.25, 0.3) is 0 Å². The summed E-state index contributed by atoms with van der Waals surface area (Å²) in [7, 11) is -0.0780. The summed E-state index contributed by atoms with van der Waals surface area (Å²) in [4.78, 5) is 1.18. The van der Waals surface area contributed by atoms with E-state index in [4.69, 9.17) is 9.47 Å². The minimum Gasteiger partial charge on any atom is -0.497 e. The van der Waals surface area contributed by atoms with E-state index in [0.29, 0.717) is 17.8 Å². The van der Waals surface area contributed by atoms with Gasteiger partial charge in [-0.1, -0.05) is 12.1 Å². The van der Waals surface area contributed by atoms with Gasteiger partial charge in [0, 0.05) is 10.4 Å². The summed E-state index contributed by atoms with van der Waals surface area (Å²) in [6.07, 6.45) is 2.02. The molecule has 2 aromatic carbocycles. The smallest absolute Gasteiger partial charge is 0.492 e. The normalized spacial score (nSPS) is 10.3. The molecule has 2 rings (SSSR count). The molecule has 0 atom stereocenters. The van der Waals surface area contributed by atoms with Crippen LogP contribution in [0.3, 0.4) is 0 Å². The van der Waals surface area contributed by atoms with Crippen molar-refractivity contribution in [1.29, 1.82) is 0 Å². The second-order valence-electron chi connectivity index (χ2n) is 4.41. The Bertz CT molecular complexity index is 587. The lowest BCUT2D eigenvalue weighted by molar-refractivity contribution is 0.306. The van der Waals surface area contributed by atoms with E-state index in [-0.39, 0.29) is 0 Å². The first-order valence-corrected chi connectivity index (χ1v) is 7.66. The second kappa shape index (κ2) is 7.40. The van der Waals surface area contributed by atoms with Gasteiger partial charge in [-0.25, -0.2) is 0 Å². The van der Waals surface area contributed by atoms with Crippen LogP contribution >= 0.6 is 11.8 Å². The average molecular weight is 304 g/mol. The van der Waals surface area contributed by atoms with Crippen LogP contribution in [0.4, 0.5) is 0 Å². The largest absolute Gasteiger partial charge is 0.497 e. The highest BCUT2D eigenvalue weighted by atomic mass is 32.2. The summed E-state index contributed by atoms with van der Waals surface area (Å²) >= 11 is 1.68. The Hall–Kier alpha value is -1.63. The monoisotopic (exact) mass is 304 g/mol. The number of methoxy groups -OCH3 is 1. The summed E-state index contributed by atoms with van der Waals surface area (Å²) in [5.41, 5.74) is 1.17. The van der Waals surface area contributed by atoms with E-state index in [1.54, 1.807) is 23.9 Å². The fourth-order valence-corrected chi connectivity index (χ4v) is 2.32. The molecule has 0 saturated carbocycles. The van der Waals surface area contributed by atoms with Crippen molar-refractivity contribution in [2.24, 2.45) is 0 Å². The van der Waals surface area contributed by atoms with Crippen LogP contribution in [-0.2, 0) is 6.61 Å². The van der Waals surface area contributed by atoms with E-state index < -0.39 is 7.12 Å². The number of benzene rings is 2. The minimum absolute atomic E-state index is 0.330. The van der Waals surface area contributed by atoms with Crippen LogP contribution in [0.2, 0.25) is 0 Å². The summed E-state index contributed by atoms with van der Waals surface area (Å²) in [5, 5.41) is 18.7. The van der Waals surface area contributed by atoms with Crippen LogP contribution < -0.4 is 14.9 Å². The van der Waals surface area contributed by atoms with Crippen molar-refractivity contribution in [1.82, 2.24) is 0 Å². The zero-order valence-electron chi connectivity index (χ0n) is 11.9. The molecule has 0 aliphatic carbocycles. The fraction of sp³-hybridized carbons (Fsp3) is 0.200. The summed E-state index contributed by atoms with van der Waals surface area (Å²) < 4.78 is 10.8. The highest BCUT2D eigenvalue weighted by Gasteiger charge is 2.17. The highest BCUT2D eigenvalue weighted by molar-refractivity contribution is 7.98. The van der Waals surface area contributed by atoms with Crippen molar-refractivity contribution in [3.63, 3.8) is 0 Å². The Labute approximate surface area is 128 Å². The van der Waals surface area contributed by atoms with Gasteiger partial charge >= 0.3 is 7.12 Å². The van der Waals surface area contributed by atoms with Crippen LogP contribution in [0.1, 0.15) is 5.56 Å². The lowest BCUT2D eigenvalue weighted by Crippen LogP contribution is -2.31. The van der Waals surface area contributed by atoms with Gasteiger partial charge in [0.2, 0.25) is 0 Å². The van der Waals surface area contributed by atoms with Crippen molar-refractivity contribution >= 4 is 24.3 Å². The minimum atomic E-state index is -1.57. The number of ether oxygens (including phenoxy) is 2. The van der Waals surface area contributed by atoms with E-state index in [2.05, 4.69) is 0 Å². The molecule has 0 fully saturated rings. The molecule has 0 unspecified atom stereocenters. The Morgan fingerprint density at radius 3 is 2.38 bits per heavy atom. The van der Waals surface area contributed by atoms with Crippen molar-refractivity contribution in [2.75, 3.05) is 13.4 Å². The predicted molar refractivity (Wildman–Crippen MR) is 85.4 cm³/mol. The third-order valence-electron chi connectivity index (χ3n) is 3.04. The van der Waals surface area contributed by atoms with E-state index in [9.17, 15) is 10.0 Å². The Morgan fingerprint density at radius 2 is 1.81 bits per heavy atom. The van der Waals surface area contributed by atoms with Crippen molar-refractivity contribution in [3.8, 4) is 11.5 Å². The number of rotatable bonds is 6. The first kappa shape index (κ1) is 15.8. The zero-order valence-corrected chi connectivity index (χ0v) is 12.8. The molecular weight excluding hydrogens is 287 g/mol. The fourth-order valence-electron chi connectivity index (χ4n) is 1.91. The molecule has 6 heteroatoms. The van der Waals surface area contributed by atoms with E-state index >= 15 is 0 Å². The zero-order chi connectivity index (χ0) is 15.2. The maximum Gasteiger partial charge on any atom is 0.492 e. The van der Waals surface area contributed by atoms with E-state index in [1.807, 2.05) is 36.6 Å². The standard InChI is InChI=1S/C15H17BO4S/c1-19-15-8-3-11(9-14(15)16(17)18)10-20-12-4-6-13(21-2)7-5-12/h3-9,17-18H,10H2,1-2H3. The van der Waals surface area contributed by atoms with Gasteiger partial charge in [-0.15, -0.1) is 11.8 Å². The van der Waals surface area contributed by atoms with Gasteiger partial charge in [-0.3, -0.25) is 0 Å². The molecule has 0 radical (unpaired) electrons. The molecule has 0 aliphatic heterocycles. The topological polar surface area (TPSA) is 58.9 Å². The van der Waals surface area contributed by atoms with Gasteiger partial charge in [0.15, 0.2) is 0 Å². The Morgan fingerprint density at radius 1 is 1.10 bits per heavy atom. The SMILES string of the molecule is COc1ccc(COc2ccc(SC)cc2)cc1B(O)O. The molecular formula is C15H17BO4S. The third kappa shape index (κ3) is 4.17. The first-order chi connectivity index (χ1) is 10.1. The molecule has 0 amide bonds. The van der Waals surface area contributed by atoms with Crippen molar-refractivity contribution in [2.45, 2.75) is 11.5 Å². The van der Waals surface area contributed by atoms with E-state index in [1.165, 1.54) is 12.0 Å². The lowest BCUT2D eigenvalue weighted by atomic mass is 9.79. The van der Waals surface area contributed by atoms with E-state index in [0.717, 1.165) is 11.3 Å². The molecule has 2 aromatic rings. The van der Waals surface area contributed by atoms with Gasteiger partial charge < -0.3 is 19.5 Å². The molecule has 0 spiro atoms. The maximum atomic E-state index is 9.34. The molecule has 0 aliphatic rings. The molecule has 0 heterocycles. The Kier molecular flexibility index (Phi) is 5.55. The quantitative estimate of drug-likeness (QED) is 0.628. The van der Waals surface area contributed by atoms with Gasteiger partial charge in [0.1, 0.15) is 18.1 Å². The number of hydrogen-bond acceptors (Lipinski definition) is 5. The van der Waals surface area contributed by atoms with Crippen molar-refractivity contribution in [3.05, 3.63) is 48.0 Å². The molecule has 21 heavy (non-hydrogen) atoms. The van der Waals surface area contributed by atoms with Gasteiger partial charge in [0.25, 0.3) is 0 Å². The third-order valence-corrected chi connectivity index (χ3v) is 3.78. The average Bonchev–Trinajstić information content (AvgIpc) is 2.53. The molecule has 0 bridgehead atoms. The molecule has 0 saturated heterocycles. The maximum absolute atomic E-state index is 9.34. The van der Waals surface area contributed by atoms with Crippen molar-refractivity contribution < 1.29 is 19.5 Å². The van der Waals surface area contributed by atoms with Crippen LogP contribution in [0, 0.1) is 0 Å². The first-order valence-electron chi connectivity index (χ1n) is 6.44. The molecule has 0 aromatic heterocycles. The summed E-state index contributed by atoms with van der Waals surface area (Å²) in [5.74, 6) is 1.22.